The van der Waals surface area contributed by atoms with E-state index in [9.17, 15) is 9.90 Å². The number of β-amino-alcohol motifs (C(OH)–C–C–N with tert-alkyl or cyclic N) is 1. The van der Waals surface area contributed by atoms with Gasteiger partial charge in [0.1, 0.15) is 12.1 Å². The van der Waals surface area contributed by atoms with E-state index < -0.39 is 5.60 Å². The number of aromatic nitrogens is 3. The summed E-state index contributed by atoms with van der Waals surface area (Å²) in [4.78, 5) is 26.6. The molecule has 0 aliphatic carbocycles. The Balaban J connectivity index is 1.56. The minimum atomic E-state index is -0.957. The molecule has 2 aromatic heterocycles. The third kappa shape index (κ3) is 4.73. The molecule has 7 heteroatoms. The van der Waals surface area contributed by atoms with Gasteiger partial charge in [-0.3, -0.25) is 9.78 Å². The number of aryl methyl sites for hydroxylation is 1. The van der Waals surface area contributed by atoms with E-state index in [0.717, 1.165) is 30.0 Å². The summed E-state index contributed by atoms with van der Waals surface area (Å²) >= 11 is 0. The molecule has 1 fully saturated rings. The van der Waals surface area contributed by atoms with Crippen LogP contribution in [0.25, 0.3) is 0 Å². The number of nitrogens with zero attached hydrogens (tertiary/aromatic N) is 4. The van der Waals surface area contributed by atoms with Crippen LogP contribution in [0.3, 0.4) is 0 Å². The first-order chi connectivity index (χ1) is 12.0. The standard InChI is InChI=1S/C18H23N5O2/c1-14-8-16(22-13-21-14)23-7-3-5-18(25,12-23)11-20-17(24)9-15-4-2-6-19-10-15/h2,4,6,8,10,13,25H,3,5,7,9,11-12H2,1H3,(H,20,24)/t18-/m1/s1. The molecule has 0 bridgehead atoms. The van der Waals surface area contributed by atoms with Crippen molar-refractivity contribution in [3.63, 3.8) is 0 Å². The van der Waals surface area contributed by atoms with Gasteiger partial charge < -0.3 is 15.3 Å². The smallest absolute Gasteiger partial charge is 0.224 e. The zero-order valence-electron chi connectivity index (χ0n) is 14.4. The summed E-state index contributed by atoms with van der Waals surface area (Å²) < 4.78 is 0. The van der Waals surface area contributed by atoms with Crippen LogP contribution in [-0.4, -0.2) is 51.2 Å². The highest BCUT2D eigenvalue weighted by molar-refractivity contribution is 5.78. The lowest BCUT2D eigenvalue weighted by molar-refractivity contribution is -0.121. The van der Waals surface area contributed by atoms with E-state index in [-0.39, 0.29) is 18.9 Å². The van der Waals surface area contributed by atoms with Gasteiger partial charge in [-0.25, -0.2) is 9.97 Å². The number of pyridine rings is 1. The van der Waals surface area contributed by atoms with Crippen molar-refractivity contribution in [2.45, 2.75) is 31.8 Å². The van der Waals surface area contributed by atoms with Gasteiger partial charge in [-0.1, -0.05) is 6.07 Å². The largest absolute Gasteiger partial charge is 0.386 e. The van der Waals surface area contributed by atoms with Crippen molar-refractivity contribution >= 4 is 11.7 Å². The molecule has 25 heavy (non-hydrogen) atoms. The lowest BCUT2D eigenvalue weighted by Gasteiger charge is -2.39. The summed E-state index contributed by atoms with van der Waals surface area (Å²) in [5.41, 5.74) is 0.791. The number of carbonyl (C=O) groups excluding carboxylic acids is 1. The van der Waals surface area contributed by atoms with Gasteiger partial charge in [0.05, 0.1) is 12.0 Å². The summed E-state index contributed by atoms with van der Waals surface area (Å²) in [6.07, 6.45) is 6.65. The molecule has 3 rings (SSSR count). The quantitative estimate of drug-likeness (QED) is 0.838. The number of aliphatic hydroxyl groups is 1. The molecule has 0 unspecified atom stereocenters. The lowest BCUT2D eigenvalue weighted by Crippen LogP contribution is -2.54. The first-order valence-electron chi connectivity index (χ1n) is 8.46. The van der Waals surface area contributed by atoms with E-state index in [2.05, 4.69) is 20.3 Å². The first kappa shape index (κ1) is 17.3. The molecule has 1 aliphatic rings. The zero-order chi connectivity index (χ0) is 17.7. The van der Waals surface area contributed by atoms with Crippen LogP contribution in [0, 0.1) is 6.92 Å². The fourth-order valence-corrected chi connectivity index (χ4v) is 3.08. The average molecular weight is 341 g/mol. The number of amides is 1. The van der Waals surface area contributed by atoms with Gasteiger partial charge in [-0.15, -0.1) is 0 Å². The molecule has 132 valence electrons. The van der Waals surface area contributed by atoms with Crippen LogP contribution in [0.1, 0.15) is 24.1 Å². The number of piperidine rings is 1. The van der Waals surface area contributed by atoms with Crippen molar-refractivity contribution in [1.82, 2.24) is 20.3 Å². The molecule has 1 saturated heterocycles. The van der Waals surface area contributed by atoms with Crippen LogP contribution in [0.4, 0.5) is 5.82 Å². The summed E-state index contributed by atoms with van der Waals surface area (Å²) in [7, 11) is 0. The van der Waals surface area contributed by atoms with Crippen LogP contribution < -0.4 is 10.2 Å². The van der Waals surface area contributed by atoms with Crippen molar-refractivity contribution in [1.29, 1.82) is 0 Å². The Labute approximate surface area is 147 Å². The topological polar surface area (TPSA) is 91.2 Å². The van der Waals surface area contributed by atoms with E-state index >= 15 is 0 Å². The van der Waals surface area contributed by atoms with Gasteiger partial charge >= 0.3 is 0 Å². The molecule has 1 amide bonds. The van der Waals surface area contributed by atoms with Crippen LogP contribution in [-0.2, 0) is 11.2 Å². The SMILES string of the molecule is Cc1cc(N2CCC[C@@](O)(CNC(=O)Cc3cccnc3)C2)ncn1. The minimum Gasteiger partial charge on any atom is -0.386 e. The van der Waals surface area contributed by atoms with Gasteiger partial charge in [-0.2, -0.15) is 0 Å². The van der Waals surface area contributed by atoms with Gasteiger partial charge in [-0.05, 0) is 31.4 Å². The first-order valence-corrected chi connectivity index (χ1v) is 8.46. The van der Waals surface area contributed by atoms with Crippen molar-refractivity contribution < 1.29 is 9.90 Å². The highest BCUT2D eigenvalue weighted by Gasteiger charge is 2.34. The third-order valence-electron chi connectivity index (χ3n) is 4.37. The van der Waals surface area contributed by atoms with Gasteiger partial charge in [0.2, 0.25) is 5.91 Å². The molecule has 7 nitrogen and oxygen atoms in total. The van der Waals surface area contributed by atoms with Gasteiger partial charge in [0.25, 0.3) is 0 Å². The van der Waals surface area contributed by atoms with E-state index in [4.69, 9.17) is 0 Å². The highest BCUT2D eigenvalue weighted by Crippen LogP contribution is 2.24. The molecular formula is C18H23N5O2. The normalized spacial score (nSPS) is 20.3. The molecule has 2 aromatic rings. The number of anilines is 1. The van der Waals surface area contributed by atoms with Crippen molar-refractivity contribution in [2.75, 3.05) is 24.5 Å². The number of carbonyl (C=O) groups is 1. The van der Waals surface area contributed by atoms with E-state index in [1.54, 1.807) is 18.5 Å². The average Bonchev–Trinajstić information content (AvgIpc) is 2.61. The molecule has 0 aromatic carbocycles. The molecule has 1 aliphatic heterocycles. The molecule has 1 atom stereocenters. The van der Waals surface area contributed by atoms with Crippen molar-refractivity contribution in [3.8, 4) is 0 Å². The number of nitrogens with one attached hydrogen (secondary N) is 1. The summed E-state index contributed by atoms with van der Waals surface area (Å²) in [5.74, 6) is 0.698. The Morgan fingerprint density at radius 1 is 1.44 bits per heavy atom. The minimum absolute atomic E-state index is 0.114. The molecular weight excluding hydrogens is 318 g/mol. The van der Waals surface area contributed by atoms with Crippen molar-refractivity contribution in [2.24, 2.45) is 0 Å². The van der Waals surface area contributed by atoms with E-state index in [1.165, 1.54) is 6.33 Å². The fraction of sp³-hybridized carbons (Fsp3) is 0.444. The highest BCUT2D eigenvalue weighted by atomic mass is 16.3. The Morgan fingerprint density at radius 2 is 2.32 bits per heavy atom. The fourth-order valence-electron chi connectivity index (χ4n) is 3.08. The van der Waals surface area contributed by atoms with Gasteiger partial charge in [0, 0.05) is 43.8 Å². The number of hydrogen-bond acceptors (Lipinski definition) is 6. The zero-order valence-corrected chi connectivity index (χ0v) is 14.4. The third-order valence-corrected chi connectivity index (χ3v) is 4.37. The summed E-state index contributed by atoms with van der Waals surface area (Å²) in [6.45, 7) is 3.42. The van der Waals surface area contributed by atoms with Crippen LogP contribution in [0.2, 0.25) is 0 Å². The second-order valence-electron chi connectivity index (χ2n) is 6.58. The second kappa shape index (κ2) is 7.57. The number of hydrogen-bond donors (Lipinski definition) is 2. The van der Waals surface area contributed by atoms with E-state index in [1.807, 2.05) is 24.0 Å². The van der Waals surface area contributed by atoms with Crippen LogP contribution in [0.5, 0.6) is 0 Å². The molecule has 0 spiro atoms. The maximum atomic E-state index is 12.1. The Morgan fingerprint density at radius 3 is 3.08 bits per heavy atom. The Hall–Kier alpha value is -2.54. The summed E-state index contributed by atoms with van der Waals surface area (Å²) in [5, 5.41) is 13.7. The van der Waals surface area contributed by atoms with Crippen LogP contribution in [0.15, 0.2) is 36.9 Å². The van der Waals surface area contributed by atoms with Crippen LogP contribution >= 0.6 is 0 Å². The number of rotatable bonds is 5. The predicted octanol–water partition coefficient (Wildman–Crippen LogP) is 0.870. The second-order valence-corrected chi connectivity index (χ2v) is 6.58. The molecule has 3 heterocycles. The predicted molar refractivity (Wildman–Crippen MR) is 94.1 cm³/mol. The van der Waals surface area contributed by atoms with E-state index in [0.29, 0.717) is 13.0 Å². The maximum absolute atomic E-state index is 12.1. The Bertz CT molecular complexity index is 724. The Kier molecular flexibility index (Phi) is 5.23. The van der Waals surface area contributed by atoms with Gasteiger partial charge in [0.15, 0.2) is 0 Å². The summed E-state index contributed by atoms with van der Waals surface area (Å²) in [6, 6.07) is 5.58. The monoisotopic (exact) mass is 341 g/mol. The maximum Gasteiger partial charge on any atom is 0.224 e. The van der Waals surface area contributed by atoms with Crippen molar-refractivity contribution in [3.05, 3.63) is 48.2 Å². The molecule has 0 saturated carbocycles. The lowest BCUT2D eigenvalue weighted by atomic mass is 9.92. The molecule has 2 N–H and O–H groups in total. The molecule has 0 radical (unpaired) electrons.